The van der Waals surface area contributed by atoms with Crippen molar-refractivity contribution in [1.29, 1.82) is 0 Å². The third kappa shape index (κ3) is 5.29. The van der Waals surface area contributed by atoms with Gasteiger partial charge in [-0.1, -0.05) is 53.7 Å². The molecule has 0 aliphatic heterocycles. The van der Waals surface area contributed by atoms with E-state index < -0.39 is 0 Å². The summed E-state index contributed by atoms with van der Waals surface area (Å²) in [5.41, 5.74) is 5.10. The summed E-state index contributed by atoms with van der Waals surface area (Å²) in [6.07, 6.45) is 0.417. The quantitative estimate of drug-likeness (QED) is 0.626. The zero-order chi connectivity index (χ0) is 20.1. The Morgan fingerprint density at radius 1 is 1.04 bits per heavy atom. The first-order valence-corrected chi connectivity index (χ1v) is 9.90. The van der Waals surface area contributed by atoms with Gasteiger partial charge in [-0.2, -0.15) is 0 Å². The van der Waals surface area contributed by atoms with Crippen LogP contribution in [0.1, 0.15) is 27.9 Å². The maximum Gasteiger partial charge on any atom is 0.273 e. The highest BCUT2D eigenvalue weighted by atomic mass is 32.2. The summed E-state index contributed by atoms with van der Waals surface area (Å²) in [6.45, 7) is 5.93. The molecule has 1 heterocycles. The van der Waals surface area contributed by atoms with E-state index in [9.17, 15) is 9.59 Å². The second-order valence-electron chi connectivity index (χ2n) is 6.72. The van der Waals surface area contributed by atoms with E-state index in [1.165, 1.54) is 0 Å². The zero-order valence-corrected chi connectivity index (χ0v) is 16.9. The van der Waals surface area contributed by atoms with Crippen LogP contribution in [0.3, 0.4) is 0 Å². The molecule has 7 heteroatoms. The lowest BCUT2D eigenvalue weighted by Gasteiger charge is -2.09. The Balaban J connectivity index is 1.59. The largest absolute Gasteiger partial charge is 0.325 e. The third-order valence-corrected chi connectivity index (χ3v) is 5.11. The molecule has 1 amide bonds. The number of amides is 1. The minimum atomic E-state index is -0.284. The van der Waals surface area contributed by atoms with Crippen molar-refractivity contribution in [3.05, 3.63) is 80.8 Å². The van der Waals surface area contributed by atoms with Crippen molar-refractivity contribution >= 4 is 23.4 Å². The van der Waals surface area contributed by atoms with Gasteiger partial charge >= 0.3 is 0 Å². The number of benzene rings is 2. The van der Waals surface area contributed by atoms with Crippen LogP contribution in [0.4, 0.5) is 5.69 Å². The van der Waals surface area contributed by atoms with Crippen molar-refractivity contribution in [2.24, 2.45) is 0 Å². The molecule has 2 aromatic carbocycles. The summed E-state index contributed by atoms with van der Waals surface area (Å²) >= 11 is 1.15. The molecule has 144 valence electrons. The van der Waals surface area contributed by atoms with Crippen LogP contribution in [0, 0.1) is 20.8 Å². The summed E-state index contributed by atoms with van der Waals surface area (Å²) in [5.74, 6) is -0.0277. The van der Waals surface area contributed by atoms with Crippen molar-refractivity contribution in [3.8, 4) is 0 Å². The van der Waals surface area contributed by atoms with E-state index in [-0.39, 0.29) is 17.2 Å². The van der Waals surface area contributed by atoms with E-state index in [0.717, 1.165) is 39.7 Å². The van der Waals surface area contributed by atoms with E-state index in [1.54, 1.807) is 0 Å². The molecule has 0 bridgehead atoms. The van der Waals surface area contributed by atoms with Crippen LogP contribution in [0.15, 0.2) is 52.4 Å². The van der Waals surface area contributed by atoms with Gasteiger partial charge < -0.3 is 5.32 Å². The third-order valence-electron chi connectivity index (χ3n) is 4.24. The minimum absolute atomic E-state index is 0.134. The lowest BCUT2D eigenvalue weighted by molar-refractivity contribution is -0.113. The summed E-state index contributed by atoms with van der Waals surface area (Å²) in [5, 5.41) is 11.3. The molecule has 2 N–H and O–H groups in total. The Morgan fingerprint density at radius 3 is 2.46 bits per heavy atom. The number of nitrogens with zero attached hydrogens (tertiary/aromatic N) is 2. The van der Waals surface area contributed by atoms with Gasteiger partial charge in [0.15, 0.2) is 5.16 Å². The number of aryl methyl sites for hydroxylation is 3. The highest BCUT2D eigenvalue weighted by Crippen LogP contribution is 2.17. The predicted molar refractivity (Wildman–Crippen MR) is 112 cm³/mol. The van der Waals surface area contributed by atoms with Gasteiger partial charge in [-0.3, -0.25) is 14.6 Å². The fourth-order valence-corrected chi connectivity index (χ4v) is 3.22. The van der Waals surface area contributed by atoms with E-state index in [2.05, 4.69) is 20.5 Å². The van der Waals surface area contributed by atoms with Crippen LogP contribution in [0.25, 0.3) is 0 Å². The van der Waals surface area contributed by atoms with Crippen LogP contribution < -0.4 is 10.9 Å². The zero-order valence-electron chi connectivity index (χ0n) is 16.1. The highest BCUT2D eigenvalue weighted by molar-refractivity contribution is 7.99. The predicted octanol–water partition coefficient (Wildman–Crippen LogP) is 3.41. The van der Waals surface area contributed by atoms with Gasteiger partial charge in [-0.05, 0) is 43.5 Å². The molecule has 0 saturated heterocycles. The Kier molecular flexibility index (Phi) is 6.26. The molecule has 3 rings (SSSR count). The second kappa shape index (κ2) is 8.84. The Bertz CT molecular complexity index is 1050. The molecule has 0 aliphatic carbocycles. The van der Waals surface area contributed by atoms with Crippen molar-refractivity contribution in [2.45, 2.75) is 32.3 Å². The molecule has 28 heavy (non-hydrogen) atoms. The first-order valence-electron chi connectivity index (χ1n) is 8.92. The number of anilines is 1. The molecule has 3 aromatic rings. The van der Waals surface area contributed by atoms with E-state index in [1.807, 2.05) is 63.2 Å². The minimum Gasteiger partial charge on any atom is -0.325 e. The molecule has 0 unspecified atom stereocenters. The fraction of sp³-hybridized carbons (Fsp3) is 0.238. The van der Waals surface area contributed by atoms with Crippen LogP contribution >= 0.6 is 11.8 Å². The van der Waals surface area contributed by atoms with E-state index >= 15 is 0 Å². The van der Waals surface area contributed by atoms with Gasteiger partial charge in [0.1, 0.15) is 5.69 Å². The van der Waals surface area contributed by atoms with Crippen LogP contribution in [0.5, 0.6) is 0 Å². The Hall–Kier alpha value is -2.93. The standard InChI is InChI=1S/C21H22N4O2S/c1-13-5-8-16(9-6-13)11-18-20(27)23-21(25-24-18)28-12-19(26)22-17-10-14(2)4-7-15(17)3/h4-10H,11-12H2,1-3H3,(H,22,26)(H,23,25,27). The maximum atomic E-state index is 12.3. The van der Waals surface area contributed by atoms with Gasteiger partial charge in [-0.25, -0.2) is 0 Å². The second-order valence-corrected chi connectivity index (χ2v) is 7.69. The number of rotatable bonds is 6. The number of aromatic amines is 1. The number of carbonyl (C=O) groups excluding carboxylic acids is 1. The SMILES string of the molecule is Cc1ccc(Cc2nnc(SCC(=O)Nc3cc(C)ccc3C)[nH]c2=O)cc1. The van der Waals surface area contributed by atoms with E-state index in [0.29, 0.717) is 17.3 Å². The highest BCUT2D eigenvalue weighted by Gasteiger charge is 2.10. The number of hydrogen-bond donors (Lipinski definition) is 2. The van der Waals surface area contributed by atoms with E-state index in [4.69, 9.17) is 0 Å². The summed E-state index contributed by atoms with van der Waals surface area (Å²) in [4.78, 5) is 27.2. The van der Waals surface area contributed by atoms with Crippen LogP contribution in [-0.4, -0.2) is 26.8 Å². The van der Waals surface area contributed by atoms with Gasteiger partial charge in [-0.15, -0.1) is 10.2 Å². The van der Waals surface area contributed by atoms with Crippen molar-refractivity contribution in [3.63, 3.8) is 0 Å². The van der Waals surface area contributed by atoms with Crippen molar-refractivity contribution in [1.82, 2.24) is 15.2 Å². The number of aromatic nitrogens is 3. The monoisotopic (exact) mass is 394 g/mol. The Morgan fingerprint density at radius 2 is 1.75 bits per heavy atom. The van der Waals surface area contributed by atoms with Gasteiger partial charge in [0, 0.05) is 12.1 Å². The summed E-state index contributed by atoms with van der Waals surface area (Å²) in [6, 6.07) is 13.8. The van der Waals surface area contributed by atoms with Gasteiger partial charge in [0.05, 0.1) is 5.75 Å². The summed E-state index contributed by atoms with van der Waals surface area (Å²) in [7, 11) is 0. The lowest BCUT2D eigenvalue weighted by Crippen LogP contribution is -2.19. The molecule has 0 spiro atoms. The van der Waals surface area contributed by atoms with Crippen molar-refractivity contribution in [2.75, 3.05) is 11.1 Å². The maximum absolute atomic E-state index is 12.3. The molecule has 0 radical (unpaired) electrons. The molecule has 1 aromatic heterocycles. The first kappa shape index (κ1) is 19.8. The normalized spacial score (nSPS) is 10.7. The average Bonchev–Trinajstić information content (AvgIpc) is 2.67. The number of H-pyrrole nitrogens is 1. The lowest BCUT2D eigenvalue weighted by atomic mass is 10.1. The summed E-state index contributed by atoms with van der Waals surface area (Å²) < 4.78 is 0. The van der Waals surface area contributed by atoms with Crippen molar-refractivity contribution < 1.29 is 4.79 Å². The first-order chi connectivity index (χ1) is 13.4. The van der Waals surface area contributed by atoms with Crippen LogP contribution in [0.2, 0.25) is 0 Å². The molecular weight excluding hydrogens is 372 g/mol. The Labute approximate surface area is 167 Å². The molecule has 0 atom stereocenters. The molecule has 0 fully saturated rings. The van der Waals surface area contributed by atoms with Crippen LogP contribution in [-0.2, 0) is 11.2 Å². The number of thioether (sulfide) groups is 1. The average molecular weight is 395 g/mol. The molecular formula is C21H22N4O2S. The molecule has 0 saturated carbocycles. The van der Waals surface area contributed by atoms with Gasteiger partial charge in [0.2, 0.25) is 5.91 Å². The molecule has 0 aliphatic rings. The fourth-order valence-electron chi connectivity index (χ4n) is 2.62. The number of hydrogen-bond acceptors (Lipinski definition) is 5. The molecule has 6 nitrogen and oxygen atoms in total. The number of nitrogens with one attached hydrogen (secondary N) is 2. The van der Waals surface area contributed by atoms with Gasteiger partial charge in [0.25, 0.3) is 5.56 Å². The smallest absolute Gasteiger partial charge is 0.273 e. The number of carbonyl (C=O) groups is 1. The topological polar surface area (TPSA) is 87.7 Å².